The summed E-state index contributed by atoms with van der Waals surface area (Å²) in [7, 11) is 0. The van der Waals surface area contributed by atoms with E-state index in [2.05, 4.69) is 5.32 Å². The van der Waals surface area contributed by atoms with E-state index >= 15 is 0 Å². The Bertz CT molecular complexity index is 410. The molecule has 1 amide bonds. The molecule has 0 saturated carbocycles. The van der Waals surface area contributed by atoms with Crippen molar-refractivity contribution in [1.29, 1.82) is 0 Å². The number of halogens is 1. The molecule has 1 saturated heterocycles. The molecule has 1 aliphatic rings. The fourth-order valence-corrected chi connectivity index (χ4v) is 1.58. The van der Waals surface area contributed by atoms with Gasteiger partial charge in [0.1, 0.15) is 6.61 Å². The number of rotatable bonds is 3. The van der Waals surface area contributed by atoms with Crippen LogP contribution in [0.25, 0.3) is 0 Å². The number of hydrogen-bond donors (Lipinski definition) is 2. The van der Waals surface area contributed by atoms with Crippen LogP contribution in [0.2, 0.25) is 0 Å². The lowest BCUT2D eigenvalue weighted by molar-refractivity contribution is 0.177. The van der Waals surface area contributed by atoms with E-state index in [-0.39, 0.29) is 24.2 Å². The van der Waals surface area contributed by atoms with Gasteiger partial charge in [0.2, 0.25) is 0 Å². The Kier molecular flexibility index (Phi) is 4.45. The Hall–Kier alpha value is -1.62. The van der Waals surface area contributed by atoms with E-state index in [0.29, 0.717) is 19.0 Å². The highest BCUT2D eigenvalue weighted by atomic mass is 35.5. The normalized spacial score (nSPS) is 17.9. The van der Waals surface area contributed by atoms with Gasteiger partial charge in [-0.25, -0.2) is 4.79 Å². The second kappa shape index (κ2) is 5.63. The molecule has 0 unspecified atom stereocenters. The molecule has 1 heterocycles. The lowest BCUT2D eigenvalue weighted by atomic mass is 10.1. The lowest BCUT2D eigenvalue weighted by Gasteiger charge is -2.11. The summed E-state index contributed by atoms with van der Waals surface area (Å²) < 4.78 is 10.1. The number of benzene rings is 1. The average molecular weight is 260 g/mol. The van der Waals surface area contributed by atoms with Gasteiger partial charge < -0.3 is 19.9 Å². The summed E-state index contributed by atoms with van der Waals surface area (Å²) in [6.45, 7) is 2.62. The van der Waals surface area contributed by atoms with E-state index in [1.807, 2.05) is 6.92 Å². The van der Waals surface area contributed by atoms with Gasteiger partial charge in [0, 0.05) is 0 Å². The number of cyclic esters (lactones) is 1. The van der Waals surface area contributed by atoms with Crippen LogP contribution >= 0.6 is 12.4 Å². The van der Waals surface area contributed by atoms with Crippen LogP contribution in [0.5, 0.6) is 11.5 Å². The minimum absolute atomic E-state index is 0. The van der Waals surface area contributed by atoms with Gasteiger partial charge in [0.05, 0.1) is 12.6 Å². The Labute approximate surface area is 105 Å². The zero-order valence-corrected chi connectivity index (χ0v) is 10.1. The lowest BCUT2D eigenvalue weighted by Crippen LogP contribution is -2.18. The molecule has 0 radical (unpaired) electrons. The van der Waals surface area contributed by atoms with Gasteiger partial charge in [-0.05, 0) is 24.6 Å². The molecule has 0 bridgehead atoms. The summed E-state index contributed by atoms with van der Waals surface area (Å²) in [6, 6.07) is 4.81. The Morgan fingerprint density at radius 2 is 2.35 bits per heavy atom. The molecular weight excluding hydrogens is 246 g/mol. The third kappa shape index (κ3) is 2.94. The first-order valence-corrected chi connectivity index (χ1v) is 5.09. The van der Waals surface area contributed by atoms with E-state index < -0.39 is 6.09 Å². The standard InChI is InChI=1S/C11H13NO4.ClH/c1-2-15-10-5-7(3-4-9(10)13)8-6-16-11(14)12-8;/h3-5,8,13H,2,6H2,1H3,(H,12,14);1H/t8-;/m1./s1. The number of ether oxygens (including phenoxy) is 2. The monoisotopic (exact) mass is 259 g/mol. The average Bonchev–Trinajstić information content (AvgIpc) is 2.69. The second-order valence-corrected chi connectivity index (χ2v) is 3.46. The molecule has 1 atom stereocenters. The predicted octanol–water partition coefficient (Wildman–Crippen LogP) is 1.99. The van der Waals surface area contributed by atoms with Crippen LogP contribution in [0, 0.1) is 0 Å². The van der Waals surface area contributed by atoms with Crippen LogP contribution in [0.1, 0.15) is 18.5 Å². The first-order valence-electron chi connectivity index (χ1n) is 5.09. The summed E-state index contributed by atoms with van der Waals surface area (Å²) in [6.07, 6.45) is -0.420. The van der Waals surface area contributed by atoms with Crippen molar-refractivity contribution < 1.29 is 19.4 Å². The van der Waals surface area contributed by atoms with Crippen molar-refractivity contribution in [1.82, 2.24) is 5.32 Å². The van der Waals surface area contributed by atoms with E-state index in [4.69, 9.17) is 9.47 Å². The molecule has 1 aliphatic heterocycles. The number of aromatic hydroxyl groups is 1. The maximum Gasteiger partial charge on any atom is 0.407 e. The maximum absolute atomic E-state index is 10.9. The molecule has 0 aromatic heterocycles. The van der Waals surface area contributed by atoms with Crippen LogP contribution in [0.3, 0.4) is 0 Å². The Balaban J connectivity index is 0.00000144. The third-order valence-electron chi connectivity index (χ3n) is 2.36. The van der Waals surface area contributed by atoms with Gasteiger partial charge in [0.25, 0.3) is 0 Å². The molecule has 17 heavy (non-hydrogen) atoms. The van der Waals surface area contributed by atoms with E-state index in [0.717, 1.165) is 5.56 Å². The zero-order valence-electron chi connectivity index (χ0n) is 9.30. The topological polar surface area (TPSA) is 67.8 Å². The summed E-state index contributed by atoms with van der Waals surface area (Å²) >= 11 is 0. The van der Waals surface area contributed by atoms with Gasteiger partial charge >= 0.3 is 6.09 Å². The van der Waals surface area contributed by atoms with Crippen molar-refractivity contribution in [3.8, 4) is 11.5 Å². The van der Waals surface area contributed by atoms with Crippen LogP contribution in [-0.2, 0) is 4.74 Å². The van der Waals surface area contributed by atoms with Gasteiger partial charge in [0.15, 0.2) is 11.5 Å². The first kappa shape index (κ1) is 13.4. The highest BCUT2D eigenvalue weighted by Gasteiger charge is 2.24. The van der Waals surface area contributed by atoms with Crippen LogP contribution in [-0.4, -0.2) is 24.4 Å². The summed E-state index contributed by atoms with van der Waals surface area (Å²) in [5.41, 5.74) is 0.854. The molecule has 1 aromatic rings. The van der Waals surface area contributed by atoms with Crippen molar-refractivity contribution in [2.24, 2.45) is 0 Å². The Morgan fingerprint density at radius 3 is 2.94 bits per heavy atom. The quantitative estimate of drug-likeness (QED) is 0.871. The number of alkyl carbamates (subject to hydrolysis) is 1. The maximum atomic E-state index is 10.9. The van der Waals surface area contributed by atoms with Crippen LogP contribution < -0.4 is 10.1 Å². The molecule has 2 N–H and O–H groups in total. The molecule has 1 fully saturated rings. The number of hydrogen-bond acceptors (Lipinski definition) is 4. The molecule has 1 aromatic carbocycles. The third-order valence-corrected chi connectivity index (χ3v) is 2.36. The smallest absolute Gasteiger partial charge is 0.407 e. The number of carbonyl (C=O) groups excluding carboxylic acids is 1. The number of amides is 1. The van der Waals surface area contributed by atoms with Crippen molar-refractivity contribution in [2.75, 3.05) is 13.2 Å². The number of carbonyl (C=O) groups is 1. The summed E-state index contributed by atoms with van der Waals surface area (Å²) in [5, 5.41) is 12.2. The zero-order chi connectivity index (χ0) is 11.5. The molecule has 0 spiro atoms. The largest absolute Gasteiger partial charge is 0.504 e. The highest BCUT2D eigenvalue weighted by Crippen LogP contribution is 2.30. The fourth-order valence-electron chi connectivity index (χ4n) is 1.58. The number of nitrogens with one attached hydrogen (secondary N) is 1. The van der Waals surface area contributed by atoms with Gasteiger partial charge in [-0.15, -0.1) is 12.4 Å². The molecule has 5 nitrogen and oxygen atoms in total. The van der Waals surface area contributed by atoms with Crippen LogP contribution in [0.15, 0.2) is 18.2 Å². The van der Waals surface area contributed by atoms with E-state index in [1.54, 1.807) is 18.2 Å². The molecule has 6 heteroatoms. The molecular formula is C11H14ClNO4. The molecule has 2 rings (SSSR count). The first-order chi connectivity index (χ1) is 7.70. The van der Waals surface area contributed by atoms with Gasteiger partial charge in [-0.2, -0.15) is 0 Å². The predicted molar refractivity (Wildman–Crippen MR) is 63.7 cm³/mol. The van der Waals surface area contributed by atoms with E-state index in [1.165, 1.54) is 0 Å². The van der Waals surface area contributed by atoms with Crippen molar-refractivity contribution in [3.05, 3.63) is 23.8 Å². The van der Waals surface area contributed by atoms with Crippen LogP contribution in [0.4, 0.5) is 4.79 Å². The minimum atomic E-state index is -0.420. The molecule has 0 aliphatic carbocycles. The second-order valence-electron chi connectivity index (χ2n) is 3.46. The number of phenolic OH excluding ortho intramolecular Hbond substituents is 1. The van der Waals surface area contributed by atoms with Gasteiger partial charge in [-0.1, -0.05) is 6.07 Å². The highest BCUT2D eigenvalue weighted by molar-refractivity contribution is 5.85. The SMILES string of the molecule is CCOc1cc([C@H]2COC(=O)N2)ccc1O.Cl. The van der Waals surface area contributed by atoms with Crippen molar-refractivity contribution in [3.63, 3.8) is 0 Å². The van der Waals surface area contributed by atoms with E-state index in [9.17, 15) is 9.90 Å². The van der Waals surface area contributed by atoms with Crippen molar-refractivity contribution in [2.45, 2.75) is 13.0 Å². The van der Waals surface area contributed by atoms with Gasteiger partial charge in [-0.3, -0.25) is 0 Å². The fraction of sp³-hybridized carbons (Fsp3) is 0.364. The summed E-state index contributed by atoms with van der Waals surface area (Å²) in [4.78, 5) is 10.9. The number of phenols is 1. The summed E-state index contributed by atoms with van der Waals surface area (Å²) in [5.74, 6) is 0.511. The molecule has 94 valence electrons. The minimum Gasteiger partial charge on any atom is -0.504 e. The Morgan fingerprint density at radius 1 is 1.59 bits per heavy atom. The van der Waals surface area contributed by atoms with Crippen molar-refractivity contribution >= 4 is 18.5 Å².